The number of ether oxygens (including phenoxy) is 1. The number of benzene rings is 2. The van der Waals surface area contributed by atoms with Crippen LogP contribution >= 0.6 is 0 Å². The Bertz CT molecular complexity index is 1050. The molecule has 7 nitrogen and oxygen atoms in total. The van der Waals surface area contributed by atoms with Gasteiger partial charge in [0.15, 0.2) is 0 Å². The number of nitrogens with zero attached hydrogens (tertiary/aromatic N) is 2. The van der Waals surface area contributed by atoms with Gasteiger partial charge in [0, 0.05) is 31.9 Å². The minimum Gasteiger partial charge on any atom is -0.381 e. The Hall–Kier alpha value is -2.13. The van der Waals surface area contributed by atoms with Crippen LogP contribution in [0.3, 0.4) is 0 Å². The Balaban J connectivity index is 1.63. The second kappa shape index (κ2) is 10.0. The van der Waals surface area contributed by atoms with E-state index in [1.54, 1.807) is 12.1 Å². The average molecular weight is 473 g/mol. The molecule has 0 saturated carbocycles. The number of nitrogens with two attached hydrogens (primary N) is 1. The quantitative estimate of drug-likeness (QED) is 0.608. The van der Waals surface area contributed by atoms with Gasteiger partial charge in [-0.25, -0.2) is 13.8 Å². The maximum Gasteiger partial charge on any atom is 0.264 e. The first kappa shape index (κ1) is 24.0. The van der Waals surface area contributed by atoms with Crippen LogP contribution in [0.2, 0.25) is 0 Å². The summed E-state index contributed by atoms with van der Waals surface area (Å²) in [5.74, 6) is 0.708. The summed E-state index contributed by atoms with van der Waals surface area (Å²) in [6.45, 7) is 8.97. The monoisotopic (exact) mass is 472 g/mol. The van der Waals surface area contributed by atoms with Gasteiger partial charge in [0.1, 0.15) is 6.17 Å². The second-order valence-corrected chi connectivity index (χ2v) is 11.3. The third kappa shape index (κ3) is 5.19. The minimum atomic E-state index is -3.74. The lowest BCUT2D eigenvalue weighted by Gasteiger charge is -2.29. The van der Waals surface area contributed by atoms with E-state index in [1.165, 1.54) is 9.87 Å². The van der Waals surface area contributed by atoms with E-state index in [9.17, 15) is 8.42 Å². The average Bonchev–Trinajstić information content (AvgIpc) is 3.12. The highest BCUT2D eigenvalue weighted by atomic mass is 32.2. The molecule has 1 unspecified atom stereocenters. The molecule has 1 atom stereocenters. The molecular weight excluding hydrogens is 436 g/mol. The largest absolute Gasteiger partial charge is 0.381 e. The molecule has 0 spiro atoms. The van der Waals surface area contributed by atoms with Crippen molar-refractivity contribution >= 4 is 21.4 Å². The van der Waals surface area contributed by atoms with Crippen LogP contribution in [0.5, 0.6) is 0 Å². The second-order valence-electron chi connectivity index (χ2n) is 9.44. The molecule has 0 aliphatic carbocycles. The Labute approximate surface area is 197 Å². The Morgan fingerprint density at radius 2 is 1.85 bits per heavy atom. The molecule has 2 aromatic carbocycles. The molecule has 0 radical (unpaired) electrons. The van der Waals surface area contributed by atoms with Crippen LogP contribution in [-0.2, 0) is 21.2 Å². The fourth-order valence-electron chi connectivity index (χ4n) is 4.53. The number of hydrogen-bond donors (Lipinski definition) is 2. The number of sulfonamides is 1. The van der Waals surface area contributed by atoms with Crippen LogP contribution in [0.15, 0.2) is 47.4 Å². The van der Waals surface area contributed by atoms with Gasteiger partial charge in [-0.2, -0.15) is 0 Å². The van der Waals surface area contributed by atoms with Crippen molar-refractivity contribution in [3.05, 3.63) is 53.6 Å². The Morgan fingerprint density at radius 3 is 2.48 bits per heavy atom. The standard InChI is InChI=1S/C25H36N4O3S/c1-4-19-5-7-21(8-6-19)29(16-18(2)3)33(30,31)22-9-10-24-23(15-22)25(26)27-28(24)17-20-11-13-32-14-12-20/h5-10,15,18,20,25,27H,4,11-14,16-17,26H2,1-3H3. The molecule has 33 heavy (non-hydrogen) atoms. The molecule has 0 aromatic heterocycles. The first-order valence-corrected chi connectivity index (χ1v) is 13.4. The van der Waals surface area contributed by atoms with Crippen LogP contribution in [0, 0.1) is 11.8 Å². The SMILES string of the molecule is CCc1ccc(N(CC(C)C)S(=O)(=O)c2ccc3c(c2)C(N)NN3CC2CCOCC2)cc1. The van der Waals surface area contributed by atoms with Crippen molar-refractivity contribution in [1.82, 2.24) is 5.43 Å². The van der Waals surface area contributed by atoms with E-state index in [0.29, 0.717) is 18.2 Å². The summed E-state index contributed by atoms with van der Waals surface area (Å²) in [5, 5.41) is 2.07. The van der Waals surface area contributed by atoms with Crippen LogP contribution in [0.1, 0.15) is 50.9 Å². The van der Waals surface area contributed by atoms with E-state index < -0.39 is 16.2 Å². The number of rotatable bonds is 8. The third-order valence-corrected chi connectivity index (χ3v) is 8.24. The molecule has 2 heterocycles. The number of hydrogen-bond acceptors (Lipinski definition) is 6. The van der Waals surface area contributed by atoms with Crippen molar-refractivity contribution < 1.29 is 13.2 Å². The number of anilines is 2. The van der Waals surface area contributed by atoms with Crippen LogP contribution in [0.25, 0.3) is 0 Å². The molecule has 4 rings (SSSR count). The van der Waals surface area contributed by atoms with E-state index in [-0.39, 0.29) is 10.8 Å². The zero-order chi connectivity index (χ0) is 23.6. The third-order valence-electron chi connectivity index (χ3n) is 6.45. The van der Waals surface area contributed by atoms with Crippen molar-refractivity contribution in [2.45, 2.75) is 51.1 Å². The lowest BCUT2D eigenvalue weighted by atomic mass is 10.00. The summed E-state index contributed by atoms with van der Waals surface area (Å²) in [6, 6.07) is 13.1. The smallest absolute Gasteiger partial charge is 0.264 e. The molecular formula is C25H36N4O3S. The molecule has 180 valence electrons. The van der Waals surface area contributed by atoms with Gasteiger partial charge in [-0.3, -0.25) is 4.31 Å². The molecule has 3 N–H and O–H groups in total. The van der Waals surface area contributed by atoms with Crippen LogP contribution in [0.4, 0.5) is 11.4 Å². The molecule has 2 aliphatic heterocycles. The zero-order valence-electron chi connectivity index (χ0n) is 19.8. The summed E-state index contributed by atoms with van der Waals surface area (Å²) >= 11 is 0. The molecule has 1 saturated heterocycles. The lowest BCUT2D eigenvalue weighted by Crippen LogP contribution is -2.41. The number of aryl methyl sites for hydroxylation is 1. The van der Waals surface area contributed by atoms with Gasteiger partial charge in [-0.15, -0.1) is 0 Å². The van der Waals surface area contributed by atoms with Gasteiger partial charge < -0.3 is 15.5 Å². The Kier molecular flexibility index (Phi) is 7.28. The van der Waals surface area contributed by atoms with Gasteiger partial charge in [0.05, 0.1) is 16.3 Å². The van der Waals surface area contributed by atoms with Gasteiger partial charge >= 0.3 is 0 Å². The van der Waals surface area contributed by atoms with E-state index in [0.717, 1.165) is 50.3 Å². The Morgan fingerprint density at radius 1 is 1.15 bits per heavy atom. The summed E-state index contributed by atoms with van der Waals surface area (Å²) < 4.78 is 34.5. The molecule has 2 aromatic rings. The normalized spacial score (nSPS) is 19.2. The highest BCUT2D eigenvalue weighted by Gasteiger charge is 2.32. The molecule has 0 bridgehead atoms. The first-order valence-electron chi connectivity index (χ1n) is 11.9. The van der Waals surface area contributed by atoms with Crippen molar-refractivity contribution in [2.24, 2.45) is 17.6 Å². The number of fused-ring (bicyclic) bond motifs is 1. The first-order chi connectivity index (χ1) is 15.8. The van der Waals surface area contributed by atoms with E-state index in [4.69, 9.17) is 10.5 Å². The van der Waals surface area contributed by atoms with Gasteiger partial charge in [-0.05, 0) is 67.0 Å². The maximum absolute atomic E-state index is 13.8. The molecule has 8 heteroatoms. The summed E-state index contributed by atoms with van der Waals surface area (Å²) in [7, 11) is -3.74. The summed E-state index contributed by atoms with van der Waals surface area (Å²) in [4.78, 5) is 0.270. The lowest BCUT2D eigenvalue weighted by molar-refractivity contribution is 0.0676. The molecule has 1 fully saturated rings. The van der Waals surface area contributed by atoms with Crippen LogP contribution < -0.4 is 20.5 Å². The van der Waals surface area contributed by atoms with Gasteiger partial charge in [0.25, 0.3) is 10.0 Å². The molecule has 0 amide bonds. The minimum absolute atomic E-state index is 0.180. The van der Waals surface area contributed by atoms with Crippen molar-refractivity contribution in [1.29, 1.82) is 0 Å². The van der Waals surface area contributed by atoms with Crippen LogP contribution in [-0.4, -0.2) is 34.7 Å². The van der Waals surface area contributed by atoms with Crippen molar-refractivity contribution in [3.63, 3.8) is 0 Å². The highest BCUT2D eigenvalue weighted by molar-refractivity contribution is 7.92. The highest BCUT2D eigenvalue weighted by Crippen LogP contribution is 2.35. The van der Waals surface area contributed by atoms with Gasteiger partial charge in [-0.1, -0.05) is 32.9 Å². The molecule has 2 aliphatic rings. The predicted molar refractivity (Wildman–Crippen MR) is 133 cm³/mol. The fraction of sp³-hybridized carbons (Fsp3) is 0.520. The van der Waals surface area contributed by atoms with Crippen molar-refractivity contribution in [2.75, 3.05) is 35.6 Å². The van der Waals surface area contributed by atoms with E-state index in [2.05, 4.69) is 17.4 Å². The fourth-order valence-corrected chi connectivity index (χ4v) is 6.20. The summed E-state index contributed by atoms with van der Waals surface area (Å²) in [5.41, 5.74) is 13.3. The zero-order valence-corrected chi connectivity index (χ0v) is 20.6. The number of hydrazine groups is 1. The van der Waals surface area contributed by atoms with Crippen molar-refractivity contribution in [3.8, 4) is 0 Å². The topological polar surface area (TPSA) is 87.9 Å². The predicted octanol–water partition coefficient (Wildman–Crippen LogP) is 3.81. The van der Waals surface area contributed by atoms with E-state index in [1.807, 2.05) is 44.2 Å². The number of nitrogens with one attached hydrogen (secondary N) is 1. The van der Waals surface area contributed by atoms with E-state index >= 15 is 0 Å². The van der Waals surface area contributed by atoms with Gasteiger partial charge in [0.2, 0.25) is 0 Å². The summed E-state index contributed by atoms with van der Waals surface area (Å²) in [6.07, 6.45) is 2.53. The maximum atomic E-state index is 13.8.